The van der Waals surface area contributed by atoms with Crippen molar-refractivity contribution in [2.45, 2.75) is 32.7 Å². The zero-order chi connectivity index (χ0) is 18.0. The zero-order valence-electron chi connectivity index (χ0n) is 14.3. The quantitative estimate of drug-likeness (QED) is 0.784. The Bertz CT molecular complexity index is 758. The standard InChI is InChI=1S/C16H22BrN5O3/c1-10(2)9-21(16(23)24)14-7-13(19-11-3-5-25-6-4-11)20-15-12(17)8-18-22(14)15/h7-8,10-11H,3-6,9H2,1-2H3,(H,19,20)(H,23,24). The maximum atomic E-state index is 11.8. The Hall–Kier alpha value is -1.87. The number of hydrogen-bond acceptors (Lipinski definition) is 5. The van der Waals surface area contributed by atoms with Gasteiger partial charge < -0.3 is 15.2 Å². The van der Waals surface area contributed by atoms with Crippen LogP contribution in [0.5, 0.6) is 0 Å². The van der Waals surface area contributed by atoms with Crippen molar-refractivity contribution in [1.29, 1.82) is 0 Å². The Balaban J connectivity index is 2.01. The van der Waals surface area contributed by atoms with Gasteiger partial charge >= 0.3 is 6.09 Å². The lowest BCUT2D eigenvalue weighted by atomic mass is 10.1. The van der Waals surface area contributed by atoms with Crippen LogP contribution in [0, 0.1) is 5.92 Å². The van der Waals surface area contributed by atoms with E-state index in [1.54, 1.807) is 16.8 Å². The molecule has 1 aliphatic heterocycles. The van der Waals surface area contributed by atoms with Crippen LogP contribution in [0.2, 0.25) is 0 Å². The van der Waals surface area contributed by atoms with Gasteiger partial charge in [0.05, 0.1) is 10.7 Å². The number of carboxylic acid groups (broad SMARTS) is 1. The summed E-state index contributed by atoms with van der Waals surface area (Å²) < 4.78 is 7.66. The van der Waals surface area contributed by atoms with E-state index < -0.39 is 6.09 Å². The summed E-state index contributed by atoms with van der Waals surface area (Å²) in [7, 11) is 0. The molecule has 0 spiro atoms. The van der Waals surface area contributed by atoms with Crippen LogP contribution in [0.15, 0.2) is 16.7 Å². The van der Waals surface area contributed by atoms with Crippen molar-refractivity contribution in [3.63, 3.8) is 0 Å². The summed E-state index contributed by atoms with van der Waals surface area (Å²) in [6.07, 6.45) is 2.42. The number of fused-ring (bicyclic) bond motifs is 1. The number of nitrogens with one attached hydrogen (secondary N) is 1. The summed E-state index contributed by atoms with van der Waals surface area (Å²) in [5.74, 6) is 1.31. The second-order valence-corrected chi connectivity index (χ2v) is 7.40. The molecule has 1 amide bonds. The van der Waals surface area contributed by atoms with Crippen molar-refractivity contribution in [2.24, 2.45) is 5.92 Å². The van der Waals surface area contributed by atoms with Gasteiger partial charge in [-0.15, -0.1) is 0 Å². The van der Waals surface area contributed by atoms with E-state index in [1.807, 2.05) is 13.8 Å². The summed E-state index contributed by atoms with van der Waals surface area (Å²) in [4.78, 5) is 17.7. The Morgan fingerprint density at radius 2 is 2.24 bits per heavy atom. The number of nitrogens with zero attached hydrogens (tertiary/aromatic N) is 4. The van der Waals surface area contributed by atoms with Gasteiger partial charge in [0.1, 0.15) is 11.6 Å². The Morgan fingerprint density at radius 1 is 1.52 bits per heavy atom. The molecule has 0 bridgehead atoms. The number of rotatable bonds is 5. The molecule has 2 aromatic heterocycles. The van der Waals surface area contributed by atoms with Gasteiger partial charge in [-0.3, -0.25) is 4.90 Å². The first-order valence-electron chi connectivity index (χ1n) is 8.34. The average Bonchev–Trinajstić information content (AvgIpc) is 2.94. The summed E-state index contributed by atoms with van der Waals surface area (Å²) >= 11 is 3.44. The summed E-state index contributed by atoms with van der Waals surface area (Å²) in [5.41, 5.74) is 0.585. The second kappa shape index (κ2) is 7.57. The molecule has 0 radical (unpaired) electrons. The highest BCUT2D eigenvalue weighted by Crippen LogP contribution is 2.26. The predicted octanol–water partition coefficient (Wildman–Crippen LogP) is 3.22. The van der Waals surface area contributed by atoms with Crippen molar-refractivity contribution < 1.29 is 14.6 Å². The van der Waals surface area contributed by atoms with E-state index in [4.69, 9.17) is 4.74 Å². The van der Waals surface area contributed by atoms with Gasteiger partial charge in [-0.1, -0.05) is 13.8 Å². The van der Waals surface area contributed by atoms with Gasteiger partial charge in [0.2, 0.25) is 0 Å². The number of ether oxygens (including phenoxy) is 1. The predicted molar refractivity (Wildman–Crippen MR) is 98.4 cm³/mol. The fourth-order valence-corrected chi connectivity index (χ4v) is 3.22. The molecular weight excluding hydrogens is 390 g/mol. The number of halogens is 1. The van der Waals surface area contributed by atoms with Crippen molar-refractivity contribution in [3.05, 3.63) is 16.7 Å². The van der Waals surface area contributed by atoms with Crippen molar-refractivity contribution >= 4 is 39.3 Å². The molecule has 0 unspecified atom stereocenters. The minimum Gasteiger partial charge on any atom is -0.465 e. The third-order valence-corrected chi connectivity index (χ3v) is 4.60. The molecule has 1 saturated heterocycles. The molecule has 1 fully saturated rings. The van der Waals surface area contributed by atoms with E-state index in [0.717, 1.165) is 30.5 Å². The molecule has 0 saturated carbocycles. The molecule has 9 heteroatoms. The molecule has 0 aliphatic carbocycles. The number of amides is 1. The van der Waals surface area contributed by atoms with E-state index >= 15 is 0 Å². The molecular formula is C16H22BrN5O3. The molecule has 3 rings (SSSR count). The highest BCUT2D eigenvalue weighted by molar-refractivity contribution is 9.10. The maximum absolute atomic E-state index is 11.8. The third kappa shape index (κ3) is 4.04. The van der Waals surface area contributed by atoms with Crippen molar-refractivity contribution in [3.8, 4) is 0 Å². The van der Waals surface area contributed by atoms with E-state index in [1.165, 1.54) is 4.90 Å². The minimum absolute atomic E-state index is 0.185. The molecule has 0 aromatic carbocycles. The number of carbonyl (C=O) groups is 1. The van der Waals surface area contributed by atoms with Crippen LogP contribution < -0.4 is 10.2 Å². The van der Waals surface area contributed by atoms with Crippen LogP contribution in [0.25, 0.3) is 5.65 Å². The SMILES string of the molecule is CC(C)CN(C(=O)O)c1cc(NC2CCOCC2)nc2c(Br)cnn12. The molecule has 1 aliphatic rings. The average molecular weight is 412 g/mol. The van der Waals surface area contributed by atoms with E-state index in [2.05, 4.69) is 31.3 Å². The third-order valence-electron chi connectivity index (χ3n) is 4.04. The van der Waals surface area contributed by atoms with Gasteiger partial charge in [-0.2, -0.15) is 9.61 Å². The highest BCUT2D eigenvalue weighted by Gasteiger charge is 2.23. The van der Waals surface area contributed by atoms with Crippen molar-refractivity contribution in [1.82, 2.24) is 14.6 Å². The Morgan fingerprint density at radius 3 is 2.88 bits per heavy atom. The fraction of sp³-hybridized carbons (Fsp3) is 0.562. The first kappa shape index (κ1) is 17.9. The molecule has 25 heavy (non-hydrogen) atoms. The fourth-order valence-electron chi connectivity index (χ4n) is 2.87. The largest absolute Gasteiger partial charge is 0.465 e. The monoisotopic (exact) mass is 411 g/mol. The normalized spacial score (nSPS) is 15.7. The summed E-state index contributed by atoms with van der Waals surface area (Å²) in [6.45, 7) is 5.78. The van der Waals surface area contributed by atoms with Crippen LogP contribution in [0.1, 0.15) is 26.7 Å². The van der Waals surface area contributed by atoms with Gasteiger partial charge in [-0.05, 0) is 34.7 Å². The number of aromatic nitrogens is 3. The van der Waals surface area contributed by atoms with E-state index in [0.29, 0.717) is 23.8 Å². The van der Waals surface area contributed by atoms with E-state index in [9.17, 15) is 9.90 Å². The summed E-state index contributed by atoms with van der Waals surface area (Å²) in [6, 6.07) is 2.01. The Labute approximate surface area is 154 Å². The van der Waals surface area contributed by atoms with Crippen LogP contribution in [-0.2, 0) is 4.74 Å². The highest BCUT2D eigenvalue weighted by atomic mass is 79.9. The lowest BCUT2D eigenvalue weighted by molar-refractivity contribution is 0.0904. The number of anilines is 2. The lowest BCUT2D eigenvalue weighted by Crippen LogP contribution is -2.35. The molecule has 2 aromatic rings. The van der Waals surface area contributed by atoms with Crippen molar-refractivity contribution in [2.75, 3.05) is 30.0 Å². The number of hydrogen-bond donors (Lipinski definition) is 2. The van der Waals surface area contributed by atoms with Crippen LogP contribution in [-0.4, -0.2) is 51.6 Å². The van der Waals surface area contributed by atoms with Gasteiger partial charge in [-0.25, -0.2) is 9.78 Å². The Kier molecular flexibility index (Phi) is 5.43. The lowest BCUT2D eigenvalue weighted by Gasteiger charge is -2.25. The smallest absolute Gasteiger partial charge is 0.413 e. The molecule has 8 nitrogen and oxygen atoms in total. The van der Waals surface area contributed by atoms with Gasteiger partial charge in [0.25, 0.3) is 0 Å². The van der Waals surface area contributed by atoms with Gasteiger partial charge in [0.15, 0.2) is 5.65 Å². The molecule has 0 atom stereocenters. The molecule has 2 N–H and O–H groups in total. The first-order chi connectivity index (χ1) is 12.0. The zero-order valence-corrected chi connectivity index (χ0v) is 15.9. The van der Waals surface area contributed by atoms with E-state index in [-0.39, 0.29) is 12.0 Å². The topological polar surface area (TPSA) is 92.0 Å². The van der Waals surface area contributed by atoms with Gasteiger partial charge in [0, 0.05) is 31.9 Å². The maximum Gasteiger partial charge on any atom is 0.413 e. The molecule has 136 valence electrons. The van der Waals surface area contributed by atoms with Crippen LogP contribution in [0.3, 0.4) is 0 Å². The first-order valence-corrected chi connectivity index (χ1v) is 9.14. The minimum atomic E-state index is -1.01. The second-order valence-electron chi connectivity index (χ2n) is 6.55. The molecule has 3 heterocycles. The van der Waals surface area contributed by atoms with Crippen LogP contribution in [0.4, 0.5) is 16.4 Å². The van der Waals surface area contributed by atoms with Crippen LogP contribution >= 0.6 is 15.9 Å². The summed E-state index contributed by atoms with van der Waals surface area (Å²) in [5, 5.41) is 17.3.